The highest BCUT2D eigenvalue weighted by Crippen LogP contribution is 2.28. The smallest absolute Gasteiger partial charge is 0.303 e. The van der Waals surface area contributed by atoms with Crippen LogP contribution in [0.5, 0.6) is 0 Å². The Morgan fingerprint density at radius 2 is 2.15 bits per heavy atom. The van der Waals surface area contributed by atoms with Crippen molar-refractivity contribution in [2.45, 2.75) is 27.2 Å². The van der Waals surface area contributed by atoms with Gasteiger partial charge < -0.3 is 5.43 Å². The molecule has 20 heavy (non-hydrogen) atoms. The van der Waals surface area contributed by atoms with Gasteiger partial charge in [0.05, 0.1) is 10.6 Å². The van der Waals surface area contributed by atoms with Crippen molar-refractivity contribution < 1.29 is 4.92 Å². The van der Waals surface area contributed by atoms with Crippen LogP contribution in [-0.2, 0) is 6.42 Å². The maximum atomic E-state index is 11.2. The fourth-order valence-corrected chi connectivity index (χ4v) is 2.19. The molecule has 0 amide bonds. The lowest BCUT2D eigenvalue weighted by Gasteiger charge is -2.07. The van der Waals surface area contributed by atoms with Crippen LogP contribution in [-0.4, -0.2) is 24.7 Å². The van der Waals surface area contributed by atoms with Crippen LogP contribution in [0.2, 0.25) is 0 Å². The summed E-state index contributed by atoms with van der Waals surface area (Å²) in [6.45, 7) is 5.71. The molecular formula is C11H15N7O2. The Morgan fingerprint density at radius 3 is 2.65 bits per heavy atom. The number of nitro groups is 1. The minimum atomic E-state index is -0.577. The Morgan fingerprint density at radius 1 is 1.45 bits per heavy atom. The van der Waals surface area contributed by atoms with Crippen molar-refractivity contribution >= 4 is 11.5 Å². The summed E-state index contributed by atoms with van der Waals surface area (Å²) >= 11 is 0. The third kappa shape index (κ3) is 2.07. The second-order valence-corrected chi connectivity index (χ2v) is 4.21. The third-order valence-corrected chi connectivity index (χ3v) is 3.12. The lowest BCUT2D eigenvalue weighted by Crippen LogP contribution is -2.14. The minimum absolute atomic E-state index is 0.0504. The Labute approximate surface area is 115 Å². The fourth-order valence-electron chi connectivity index (χ4n) is 2.19. The standard InChI is InChI=1S/C11H15N7O2/c1-4-8-6(2)16-17(7(8)3)11-9(18(19)20)10(15-12)13-5-14-11/h5H,4,12H2,1-3H3,(H,13,14,15). The van der Waals surface area contributed by atoms with Crippen molar-refractivity contribution in [1.82, 2.24) is 19.7 Å². The van der Waals surface area contributed by atoms with Gasteiger partial charge in [-0.15, -0.1) is 0 Å². The maximum Gasteiger partial charge on any atom is 0.356 e. The lowest BCUT2D eigenvalue weighted by atomic mass is 10.1. The topological polar surface area (TPSA) is 125 Å². The van der Waals surface area contributed by atoms with Gasteiger partial charge in [0.1, 0.15) is 6.33 Å². The second-order valence-electron chi connectivity index (χ2n) is 4.21. The predicted octanol–water partition coefficient (Wildman–Crippen LogP) is 1.04. The van der Waals surface area contributed by atoms with E-state index >= 15 is 0 Å². The third-order valence-electron chi connectivity index (χ3n) is 3.12. The predicted molar refractivity (Wildman–Crippen MR) is 72.5 cm³/mol. The summed E-state index contributed by atoms with van der Waals surface area (Å²) in [5, 5.41) is 15.6. The van der Waals surface area contributed by atoms with Crippen LogP contribution in [0.4, 0.5) is 11.5 Å². The number of nitrogens with one attached hydrogen (secondary N) is 1. The molecule has 0 unspecified atom stereocenters. The summed E-state index contributed by atoms with van der Waals surface area (Å²) in [6.07, 6.45) is 2.00. The van der Waals surface area contributed by atoms with Gasteiger partial charge in [-0.3, -0.25) is 10.1 Å². The molecule has 106 valence electrons. The van der Waals surface area contributed by atoms with Crippen LogP contribution < -0.4 is 11.3 Å². The van der Waals surface area contributed by atoms with E-state index in [0.717, 1.165) is 23.4 Å². The highest BCUT2D eigenvalue weighted by Gasteiger charge is 2.26. The first-order valence-corrected chi connectivity index (χ1v) is 6.02. The first-order chi connectivity index (χ1) is 9.51. The molecule has 0 aliphatic carbocycles. The summed E-state index contributed by atoms with van der Waals surface area (Å²) in [4.78, 5) is 18.4. The van der Waals surface area contributed by atoms with Gasteiger partial charge in [0.15, 0.2) is 0 Å². The molecule has 9 nitrogen and oxygen atoms in total. The molecule has 0 bridgehead atoms. The Hall–Kier alpha value is -2.55. The van der Waals surface area contributed by atoms with Crippen LogP contribution >= 0.6 is 0 Å². The number of hydrogen-bond acceptors (Lipinski definition) is 7. The number of hydrazine groups is 1. The zero-order chi connectivity index (χ0) is 14.9. The zero-order valence-corrected chi connectivity index (χ0v) is 11.4. The molecule has 0 radical (unpaired) electrons. The zero-order valence-electron chi connectivity index (χ0n) is 11.4. The van der Waals surface area contributed by atoms with Gasteiger partial charge in [-0.2, -0.15) is 5.10 Å². The maximum absolute atomic E-state index is 11.2. The molecule has 0 fully saturated rings. The number of nitrogen functional groups attached to an aromatic ring is 1. The number of rotatable bonds is 4. The molecule has 2 rings (SSSR count). The van der Waals surface area contributed by atoms with E-state index in [1.54, 1.807) is 0 Å². The molecule has 0 atom stereocenters. The van der Waals surface area contributed by atoms with Crippen molar-refractivity contribution in [1.29, 1.82) is 0 Å². The molecule has 2 aromatic heterocycles. The average Bonchev–Trinajstić information content (AvgIpc) is 2.72. The molecule has 9 heteroatoms. The van der Waals surface area contributed by atoms with Gasteiger partial charge in [0.25, 0.3) is 0 Å². The minimum Gasteiger partial charge on any atom is -0.303 e. The van der Waals surface area contributed by atoms with Crippen molar-refractivity contribution in [3.8, 4) is 5.82 Å². The summed E-state index contributed by atoms with van der Waals surface area (Å²) in [5.74, 6) is 5.31. The van der Waals surface area contributed by atoms with Crippen molar-refractivity contribution in [3.05, 3.63) is 33.4 Å². The molecule has 2 aromatic rings. The van der Waals surface area contributed by atoms with E-state index in [1.165, 1.54) is 11.0 Å². The molecule has 0 saturated heterocycles. The molecule has 0 saturated carbocycles. The number of aromatic nitrogens is 4. The normalized spacial score (nSPS) is 10.6. The summed E-state index contributed by atoms with van der Waals surface area (Å²) < 4.78 is 1.45. The van der Waals surface area contributed by atoms with Crippen LogP contribution in [0.3, 0.4) is 0 Å². The molecule has 0 spiro atoms. The van der Waals surface area contributed by atoms with Crippen LogP contribution in [0, 0.1) is 24.0 Å². The van der Waals surface area contributed by atoms with E-state index in [9.17, 15) is 10.1 Å². The van der Waals surface area contributed by atoms with Crippen LogP contribution in [0.15, 0.2) is 6.33 Å². The van der Waals surface area contributed by atoms with Crippen LogP contribution in [0.1, 0.15) is 23.9 Å². The largest absolute Gasteiger partial charge is 0.356 e. The molecule has 0 aliphatic rings. The quantitative estimate of drug-likeness (QED) is 0.485. The number of nitrogens with two attached hydrogens (primary N) is 1. The van der Waals surface area contributed by atoms with Crippen LogP contribution in [0.25, 0.3) is 5.82 Å². The molecular weight excluding hydrogens is 262 g/mol. The second kappa shape index (κ2) is 5.21. The van der Waals surface area contributed by atoms with Gasteiger partial charge in [0.2, 0.25) is 11.6 Å². The molecule has 2 heterocycles. The summed E-state index contributed by atoms with van der Waals surface area (Å²) in [7, 11) is 0. The molecule has 0 aromatic carbocycles. The highest BCUT2D eigenvalue weighted by molar-refractivity contribution is 5.63. The Balaban J connectivity index is 2.73. The van der Waals surface area contributed by atoms with Gasteiger partial charge in [-0.05, 0) is 25.8 Å². The lowest BCUT2D eigenvalue weighted by molar-refractivity contribution is -0.384. The number of nitrogens with zero attached hydrogens (tertiary/aromatic N) is 5. The van der Waals surface area contributed by atoms with E-state index in [0.29, 0.717) is 0 Å². The van der Waals surface area contributed by atoms with E-state index in [1.807, 2.05) is 20.8 Å². The number of hydrogen-bond donors (Lipinski definition) is 2. The van der Waals surface area contributed by atoms with Gasteiger partial charge in [-0.1, -0.05) is 6.92 Å². The summed E-state index contributed by atoms with van der Waals surface area (Å²) in [5.41, 5.74) is 4.58. The number of anilines is 1. The van der Waals surface area contributed by atoms with E-state index in [2.05, 4.69) is 20.5 Å². The van der Waals surface area contributed by atoms with Crippen molar-refractivity contribution in [2.75, 3.05) is 5.43 Å². The van der Waals surface area contributed by atoms with E-state index < -0.39 is 4.92 Å². The SMILES string of the molecule is CCc1c(C)nn(-c2ncnc(NN)c2[N+](=O)[O-])c1C. The monoisotopic (exact) mass is 277 g/mol. The number of aryl methyl sites for hydroxylation is 1. The Bertz CT molecular complexity index is 665. The first kappa shape index (κ1) is 13.9. The average molecular weight is 277 g/mol. The fraction of sp³-hybridized carbons (Fsp3) is 0.364. The molecule has 3 N–H and O–H groups in total. The highest BCUT2D eigenvalue weighted by atomic mass is 16.6. The van der Waals surface area contributed by atoms with E-state index in [4.69, 9.17) is 5.84 Å². The van der Waals surface area contributed by atoms with Gasteiger partial charge >= 0.3 is 5.69 Å². The van der Waals surface area contributed by atoms with E-state index in [-0.39, 0.29) is 17.3 Å². The first-order valence-electron chi connectivity index (χ1n) is 6.02. The Kier molecular flexibility index (Phi) is 3.61. The van der Waals surface area contributed by atoms with Crippen molar-refractivity contribution in [2.24, 2.45) is 5.84 Å². The van der Waals surface area contributed by atoms with Gasteiger partial charge in [0, 0.05) is 5.69 Å². The van der Waals surface area contributed by atoms with Gasteiger partial charge in [-0.25, -0.2) is 20.5 Å². The van der Waals surface area contributed by atoms with Crippen molar-refractivity contribution in [3.63, 3.8) is 0 Å². The summed E-state index contributed by atoms with van der Waals surface area (Å²) in [6, 6.07) is 0. The molecule has 0 aliphatic heterocycles.